The summed E-state index contributed by atoms with van der Waals surface area (Å²) in [6, 6.07) is 11.8. The van der Waals surface area contributed by atoms with Crippen molar-refractivity contribution in [3.8, 4) is 0 Å². The number of carbonyl (C=O) groups excluding carboxylic acids is 2. The highest BCUT2D eigenvalue weighted by molar-refractivity contribution is 8.00. The summed E-state index contributed by atoms with van der Waals surface area (Å²) in [6.45, 7) is 1.66. The molecule has 34 heavy (non-hydrogen) atoms. The zero-order chi connectivity index (χ0) is 23.9. The van der Waals surface area contributed by atoms with Crippen molar-refractivity contribution in [1.82, 2.24) is 5.32 Å². The average molecular weight is 480 g/mol. The Morgan fingerprint density at radius 2 is 1.71 bits per heavy atom. The normalized spacial score (nSPS) is 26.8. The fourth-order valence-electron chi connectivity index (χ4n) is 6.60. The van der Waals surface area contributed by atoms with Crippen LogP contribution in [0.3, 0.4) is 0 Å². The summed E-state index contributed by atoms with van der Waals surface area (Å²) in [6.07, 6.45) is 7.31. The Bertz CT molecular complexity index is 1110. The maximum atomic E-state index is 12.9. The molecule has 0 spiro atoms. The number of nitrogens with one attached hydrogen (secondary N) is 2. The van der Waals surface area contributed by atoms with Gasteiger partial charge in [-0.2, -0.15) is 0 Å². The Morgan fingerprint density at radius 1 is 1.06 bits per heavy atom. The molecule has 2 N–H and O–H groups in total. The highest BCUT2D eigenvalue weighted by Crippen LogP contribution is 2.55. The maximum absolute atomic E-state index is 12.9. The van der Waals surface area contributed by atoms with E-state index in [2.05, 4.69) is 10.6 Å². The van der Waals surface area contributed by atoms with Gasteiger partial charge in [0.05, 0.1) is 16.2 Å². The van der Waals surface area contributed by atoms with Gasteiger partial charge in [0, 0.05) is 27.8 Å². The number of anilines is 1. The lowest BCUT2D eigenvalue weighted by Crippen LogP contribution is -2.60. The molecule has 4 aliphatic rings. The Labute approximate surface area is 203 Å². The van der Waals surface area contributed by atoms with Gasteiger partial charge in [-0.05, 0) is 81.4 Å². The molecule has 4 fully saturated rings. The zero-order valence-corrected chi connectivity index (χ0v) is 20.0. The molecule has 2 aromatic carbocycles. The summed E-state index contributed by atoms with van der Waals surface area (Å²) in [7, 11) is 0. The predicted octanol–water partition coefficient (Wildman–Crippen LogP) is 5.33. The minimum atomic E-state index is -0.461. The summed E-state index contributed by atoms with van der Waals surface area (Å²) in [5, 5.41) is 17.3. The Balaban J connectivity index is 1.23. The first-order chi connectivity index (χ1) is 16.3. The van der Waals surface area contributed by atoms with Crippen LogP contribution in [0.4, 0.5) is 11.4 Å². The first-order valence-corrected chi connectivity index (χ1v) is 12.9. The first-order valence-electron chi connectivity index (χ1n) is 11.9. The fraction of sp³-hybridized carbons (Fsp3) is 0.462. The van der Waals surface area contributed by atoms with E-state index in [1.54, 1.807) is 31.2 Å². The largest absolute Gasteiger partial charge is 0.350 e. The molecule has 7 nitrogen and oxygen atoms in total. The van der Waals surface area contributed by atoms with Gasteiger partial charge in [-0.15, -0.1) is 11.8 Å². The lowest BCUT2D eigenvalue weighted by molar-refractivity contribution is -0.385. The molecular weight excluding hydrogens is 450 g/mol. The number of amides is 2. The third-order valence-electron chi connectivity index (χ3n) is 7.60. The Kier molecular flexibility index (Phi) is 6.10. The van der Waals surface area contributed by atoms with Crippen molar-refractivity contribution in [3.05, 3.63) is 63.7 Å². The zero-order valence-electron chi connectivity index (χ0n) is 19.2. The molecule has 0 heterocycles. The molecule has 0 atom stereocenters. The monoisotopic (exact) mass is 479 g/mol. The van der Waals surface area contributed by atoms with E-state index in [9.17, 15) is 19.7 Å². The van der Waals surface area contributed by atoms with Gasteiger partial charge in [0.2, 0.25) is 5.91 Å². The molecule has 0 saturated heterocycles. The van der Waals surface area contributed by atoms with Crippen LogP contribution in [0.25, 0.3) is 0 Å². The van der Waals surface area contributed by atoms with Gasteiger partial charge in [-0.25, -0.2) is 0 Å². The SMILES string of the molecule is Cc1ccc(NC(=O)c2ccccc2SCC(=O)NC23CC4CC(CC(C4)C2)C3)cc1[N+](=O)[O-]. The van der Waals surface area contributed by atoms with E-state index in [0.29, 0.717) is 21.7 Å². The van der Waals surface area contributed by atoms with Gasteiger partial charge in [0.1, 0.15) is 0 Å². The molecule has 0 aliphatic heterocycles. The van der Waals surface area contributed by atoms with E-state index < -0.39 is 4.92 Å². The van der Waals surface area contributed by atoms with Crippen LogP contribution in [0.5, 0.6) is 0 Å². The van der Waals surface area contributed by atoms with Crippen molar-refractivity contribution < 1.29 is 14.5 Å². The summed E-state index contributed by atoms with van der Waals surface area (Å²) < 4.78 is 0. The van der Waals surface area contributed by atoms with Crippen LogP contribution in [0.1, 0.15) is 54.4 Å². The molecule has 2 aromatic rings. The molecule has 8 heteroatoms. The Hall–Kier alpha value is -2.87. The minimum Gasteiger partial charge on any atom is -0.350 e. The highest BCUT2D eigenvalue weighted by Gasteiger charge is 2.51. The molecule has 0 radical (unpaired) electrons. The fourth-order valence-corrected chi connectivity index (χ4v) is 7.45. The molecule has 4 saturated carbocycles. The number of benzene rings is 2. The molecule has 0 unspecified atom stereocenters. The predicted molar refractivity (Wildman–Crippen MR) is 132 cm³/mol. The van der Waals surface area contributed by atoms with Gasteiger partial charge >= 0.3 is 0 Å². The summed E-state index contributed by atoms with van der Waals surface area (Å²) >= 11 is 1.35. The minimum absolute atomic E-state index is 0.0244. The molecular formula is C26H29N3O4S. The lowest BCUT2D eigenvalue weighted by atomic mass is 9.53. The number of aryl methyl sites for hydroxylation is 1. The summed E-state index contributed by atoms with van der Waals surface area (Å²) in [5.41, 5.74) is 1.27. The summed E-state index contributed by atoms with van der Waals surface area (Å²) in [5.74, 6) is 2.21. The van der Waals surface area contributed by atoms with Crippen molar-refractivity contribution in [2.45, 2.75) is 55.9 Å². The van der Waals surface area contributed by atoms with Gasteiger partial charge in [-0.1, -0.05) is 18.2 Å². The van der Waals surface area contributed by atoms with Crippen LogP contribution in [0.2, 0.25) is 0 Å². The molecule has 6 rings (SSSR count). The van der Waals surface area contributed by atoms with Crippen LogP contribution in [-0.2, 0) is 4.79 Å². The highest BCUT2D eigenvalue weighted by atomic mass is 32.2. The van der Waals surface area contributed by atoms with Crippen LogP contribution in [0.15, 0.2) is 47.4 Å². The van der Waals surface area contributed by atoms with Crippen LogP contribution in [0, 0.1) is 34.8 Å². The third-order valence-corrected chi connectivity index (χ3v) is 8.67. The maximum Gasteiger partial charge on any atom is 0.274 e. The van der Waals surface area contributed by atoms with Crippen molar-refractivity contribution in [2.24, 2.45) is 17.8 Å². The number of hydrogen-bond donors (Lipinski definition) is 2. The van der Waals surface area contributed by atoms with Gasteiger partial charge in [-0.3, -0.25) is 19.7 Å². The van der Waals surface area contributed by atoms with E-state index in [1.807, 2.05) is 12.1 Å². The number of carbonyl (C=O) groups is 2. The molecule has 2 amide bonds. The average Bonchev–Trinajstić information content (AvgIpc) is 2.77. The van der Waals surface area contributed by atoms with Gasteiger partial charge in [0.15, 0.2) is 0 Å². The number of thioether (sulfide) groups is 1. The van der Waals surface area contributed by atoms with E-state index >= 15 is 0 Å². The number of rotatable bonds is 7. The van der Waals surface area contributed by atoms with Crippen LogP contribution < -0.4 is 10.6 Å². The van der Waals surface area contributed by atoms with Gasteiger partial charge < -0.3 is 10.6 Å². The van der Waals surface area contributed by atoms with E-state index in [0.717, 1.165) is 37.0 Å². The first kappa shape index (κ1) is 22.9. The standard InChI is InChI=1S/C26H29N3O4S/c1-16-6-7-20(11-22(16)29(32)33)27-25(31)21-4-2-3-5-23(21)34-15-24(30)28-26-12-17-8-18(13-26)10-19(9-17)14-26/h2-7,11,17-19H,8-10,12-15H2,1H3,(H,27,31)(H,28,30). The molecule has 4 bridgehead atoms. The number of nitro groups is 1. The second kappa shape index (κ2) is 9.06. The van der Waals surface area contributed by atoms with Crippen molar-refractivity contribution >= 4 is 35.0 Å². The molecule has 4 aliphatic carbocycles. The number of nitrogens with zero attached hydrogens (tertiary/aromatic N) is 1. The number of hydrogen-bond acceptors (Lipinski definition) is 5. The summed E-state index contributed by atoms with van der Waals surface area (Å²) in [4.78, 5) is 37.3. The number of nitro benzene ring substituents is 1. The molecule has 0 aromatic heterocycles. The second-order valence-electron chi connectivity index (χ2n) is 10.2. The Morgan fingerprint density at radius 3 is 2.35 bits per heavy atom. The van der Waals surface area contributed by atoms with Crippen molar-refractivity contribution in [2.75, 3.05) is 11.1 Å². The smallest absolute Gasteiger partial charge is 0.274 e. The van der Waals surface area contributed by atoms with Crippen molar-refractivity contribution in [3.63, 3.8) is 0 Å². The van der Waals surface area contributed by atoms with E-state index in [1.165, 1.54) is 37.1 Å². The second-order valence-corrected chi connectivity index (χ2v) is 11.3. The third kappa shape index (κ3) is 4.69. The topological polar surface area (TPSA) is 101 Å². The van der Waals surface area contributed by atoms with E-state index in [-0.39, 0.29) is 28.8 Å². The molecule has 178 valence electrons. The van der Waals surface area contributed by atoms with Crippen molar-refractivity contribution in [1.29, 1.82) is 0 Å². The van der Waals surface area contributed by atoms with Crippen LogP contribution in [-0.4, -0.2) is 28.0 Å². The van der Waals surface area contributed by atoms with Crippen LogP contribution >= 0.6 is 11.8 Å². The lowest BCUT2D eigenvalue weighted by Gasteiger charge is -2.56. The van der Waals surface area contributed by atoms with E-state index in [4.69, 9.17) is 0 Å². The quantitative estimate of drug-likeness (QED) is 0.317. The van der Waals surface area contributed by atoms with Gasteiger partial charge in [0.25, 0.3) is 11.6 Å².